The van der Waals surface area contributed by atoms with Crippen molar-refractivity contribution in [3.8, 4) is 0 Å². The van der Waals surface area contributed by atoms with Crippen LogP contribution < -0.4 is 15.1 Å². The topological polar surface area (TPSA) is 72.9 Å². The van der Waals surface area contributed by atoms with E-state index in [0.29, 0.717) is 6.54 Å². The maximum Gasteiger partial charge on any atom is 0.322 e. The molecule has 0 radical (unpaired) electrons. The van der Waals surface area contributed by atoms with Gasteiger partial charge in [-0.25, -0.2) is 4.79 Å². The maximum absolute atomic E-state index is 12.3. The highest BCUT2D eigenvalue weighted by Crippen LogP contribution is 2.31. The van der Waals surface area contributed by atoms with Gasteiger partial charge < -0.3 is 15.3 Å². The van der Waals surface area contributed by atoms with Gasteiger partial charge in [0.2, 0.25) is 0 Å². The van der Waals surface area contributed by atoms with Gasteiger partial charge in [0.15, 0.2) is 0 Å². The number of para-hydroxylation sites is 2. The van der Waals surface area contributed by atoms with Crippen molar-refractivity contribution >= 4 is 23.4 Å². The molecule has 0 spiro atoms. The standard InChI is InChI=1S/C14H19N3O3/c1-10(9-13(18)19)15-14(20)17-8-7-16(2)11-5-3-4-6-12(11)17/h3-6,10H,7-9H2,1-2H3,(H,15,20)(H,18,19). The Morgan fingerprint density at radius 2 is 1.95 bits per heavy atom. The summed E-state index contributed by atoms with van der Waals surface area (Å²) in [4.78, 5) is 26.7. The first-order chi connectivity index (χ1) is 9.49. The van der Waals surface area contributed by atoms with E-state index in [9.17, 15) is 9.59 Å². The molecule has 6 heteroatoms. The van der Waals surface area contributed by atoms with Gasteiger partial charge in [-0.2, -0.15) is 0 Å². The maximum atomic E-state index is 12.3. The van der Waals surface area contributed by atoms with E-state index in [-0.39, 0.29) is 12.5 Å². The summed E-state index contributed by atoms with van der Waals surface area (Å²) >= 11 is 0. The van der Waals surface area contributed by atoms with Crippen LogP contribution in [0, 0.1) is 0 Å². The molecule has 2 N–H and O–H groups in total. The molecule has 1 aromatic carbocycles. The van der Waals surface area contributed by atoms with E-state index in [1.807, 2.05) is 31.3 Å². The van der Waals surface area contributed by atoms with Crippen molar-refractivity contribution in [2.45, 2.75) is 19.4 Å². The predicted octanol–water partition coefficient (Wildman–Crippen LogP) is 1.52. The number of carboxylic acids is 1. The molecule has 1 unspecified atom stereocenters. The number of likely N-dealkylation sites (N-methyl/N-ethyl adjacent to an activating group) is 1. The van der Waals surface area contributed by atoms with Crippen LogP contribution in [-0.2, 0) is 4.79 Å². The molecule has 1 aliphatic heterocycles. The SMILES string of the molecule is CC(CC(=O)O)NC(=O)N1CCN(C)c2ccccc21. The summed E-state index contributed by atoms with van der Waals surface area (Å²) in [6.07, 6.45) is -0.0822. The summed E-state index contributed by atoms with van der Waals surface area (Å²) in [5.74, 6) is -0.920. The summed E-state index contributed by atoms with van der Waals surface area (Å²) in [5, 5.41) is 11.5. The molecule has 0 aliphatic carbocycles. The van der Waals surface area contributed by atoms with Gasteiger partial charge in [-0.05, 0) is 19.1 Å². The Morgan fingerprint density at radius 3 is 2.60 bits per heavy atom. The molecule has 0 saturated heterocycles. The number of anilines is 2. The Morgan fingerprint density at radius 1 is 1.30 bits per heavy atom. The van der Waals surface area contributed by atoms with Gasteiger partial charge in [-0.15, -0.1) is 0 Å². The molecular formula is C14H19N3O3. The smallest absolute Gasteiger partial charge is 0.322 e. The van der Waals surface area contributed by atoms with Crippen molar-refractivity contribution in [3.63, 3.8) is 0 Å². The number of rotatable bonds is 3. The van der Waals surface area contributed by atoms with Crippen LogP contribution in [0.1, 0.15) is 13.3 Å². The van der Waals surface area contributed by atoms with Crippen LogP contribution in [-0.4, -0.2) is 43.3 Å². The van der Waals surface area contributed by atoms with Crippen molar-refractivity contribution in [1.82, 2.24) is 5.32 Å². The molecule has 0 bridgehead atoms. The van der Waals surface area contributed by atoms with Crippen molar-refractivity contribution < 1.29 is 14.7 Å². The average Bonchev–Trinajstić information content (AvgIpc) is 2.38. The third-order valence-corrected chi connectivity index (χ3v) is 3.34. The lowest BCUT2D eigenvalue weighted by atomic mass is 10.2. The minimum Gasteiger partial charge on any atom is -0.481 e. The summed E-state index contributed by atoms with van der Waals surface area (Å²) in [7, 11) is 1.99. The fourth-order valence-corrected chi connectivity index (χ4v) is 2.32. The van der Waals surface area contributed by atoms with E-state index >= 15 is 0 Å². The van der Waals surface area contributed by atoms with Crippen LogP contribution in [0.4, 0.5) is 16.2 Å². The number of fused-ring (bicyclic) bond motifs is 1. The molecule has 0 aromatic heterocycles. The fraction of sp³-hybridized carbons (Fsp3) is 0.429. The van der Waals surface area contributed by atoms with E-state index in [1.54, 1.807) is 11.8 Å². The lowest BCUT2D eigenvalue weighted by molar-refractivity contribution is -0.137. The van der Waals surface area contributed by atoms with E-state index in [2.05, 4.69) is 10.2 Å². The number of nitrogens with zero attached hydrogens (tertiary/aromatic N) is 2. The number of urea groups is 1. The molecule has 2 rings (SSSR count). The second kappa shape index (κ2) is 5.81. The molecule has 20 heavy (non-hydrogen) atoms. The Kier molecular flexibility index (Phi) is 4.12. The number of aliphatic carboxylic acids is 1. The quantitative estimate of drug-likeness (QED) is 0.878. The van der Waals surface area contributed by atoms with Gasteiger partial charge in [0, 0.05) is 26.2 Å². The summed E-state index contributed by atoms with van der Waals surface area (Å²) in [5.41, 5.74) is 1.85. The van der Waals surface area contributed by atoms with Gasteiger partial charge in [-0.3, -0.25) is 9.69 Å². The lowest BCUT2D eigenvalue weighted by Crippen LogP contribution is -2.49. The summed E-state index contributed by atoms with van der Waals surface area (Å²) < 4.78 is 0. The number of nitrogens with one attached hydrogen (secondary N) is 1. The van der Waals surface area contributed by atoms with Crippen LogP contribution >= 0.6 is 0 Å². The molecule has 1 heterocycles. The van der Waals surface area contributed by atoms with Crippen molar-refractivity contribution in [1.29, 1.82) is 0 Å². The highest BCUT2D eigenvalue weighted by Gasteiger charge is 2.25. The van der Waals surface area contributed by atoms with Crippen molar-refractivity contribution in [2.75, 3.05) is 29.9 Å². The van der Waals surface area contributed by atoms with E-state index < -0.39 is 12.0 Å². The molecule has 1 aliphatic rings. The Balaban J connectivity index is 2.12. The van der Waals surface area contributed by atoms with Gasteiger partial charge in [-0.1, -0.05) is 12.1 Å². The van der Waals surface area contributed by atoms with Crippen molar-refractivity contribution in [3.05, 3.63) is 24.3 Å². The van der Waals surface area contributed by atoms with Crippen LogP contribution in [0.5, 0.6) is 0 Å². The minimum absolute atomic E-state index is 0.0822. The van der Waals surface area contributed by atoms with Crippen LogP contribution in [0.15, 0.2) is 24.3 Å². The first-order valence-electron chi connectivity index (χ1n) is 6.59. The summed E-state index contributed by atoms with van der Waals surface area (Å²) in [6.45, 7) is 3.02. The number of hydrogen-bond acceptors (Lipinski definition) is 3. The van der Waals surface area contributed by atoms with E-state index in [1.165, 1.54) is 0 Å². The highest BCUT2D eigenvalue weighted by atomic mass is 16.4. The lowest BCUT2D eigenvalue weighted by Gasteiger charge is -2.36. The minimum atomic E-state index is -0.920. The monoisotopic (exact) mass is 277 g/mol. The molecule has 0 fully saturated rings. The molecule has 1 atom stereocenters. The zero-order valence-corrected chi connectivity index (χ0v) is 11.7. The molecule has 2 amide bonds. The van der Waals surface area contributed by atoms with Gasteiger partial charge in [0.05, 0.1) is 17.8 Å². The molecule has 0 saturated carbocycles. The fourth-order valence-electron chi connectivity index (χ4n) is 2.32. The Hall–Kier alpha value is -2.24. The van der Waals surface area contributed by atoms with E-state index in [4.69, 9.17) is 5.11 Å². The largest absolute Gasteiger partial charge is 0.481 e. The first-order valence-corrected chi connectivity index (χ1v) is 6.59. The third-order valence-electron chi connectivity index (χ3n) is 3.34. The van der Waals surface area contributed by atoms with Crippen LogP contribution in [0.2, 0.25) is 0 Å². The highest BCUT2D eigenvalue weighted by molar-refractivity contribution is 5.97. The number of benzene rings is 1. The average molecular weight is 277 g/mol. The third kappa shape index (κ3) is 3.01. The zero-order chi connectivity index (χ0) is 14.7. The number of hydrogen-bond donors (Lipinski definition) is 2. The van der Waals surface area contributed by atoms with Crippen LogP contribution in [0.25, 0.3) is 0 Å². The van der Waals surface area contributed by atoms with Gasteiger partial charge in [0.25, 0.3) is 0 Å². The number of carbonyl (C=O) groups excluding carboxylic acids is 1. The molecule has 6 nitrogen and oxygen atoms in total. The Labute approximate surface area is 118 Å². The normalized spacial score (nSPS) is 15.5. The predicted molar refractivity (Wildman–Crippen MR) is 77.3 cm³/mol. The number of amides is 2. The molecular weight excluding hydrogens is 258 g/mol. The summed E-state index contributed by atoms with van der Waals surface area (Å²) in [6, 6.07) is 7.04. The van der Waals surface area contributed by atoms with Gasteiger partial charge in [0.1, 0.15) is 0 Å². The van der Waals surface area contributed by atoms with Gasteiger partial charge >= 0.3 is 12.0 Å². The zero-order valence-electron chi connectivity index (χ0n) is 11.7. The number of carbonyl (C=O) groups is 2. The molecule has 108 valence electrons. The van der Waals surface area contributed by atoms with Crippen LogP contribution in [0.3, 0.4) is 0 Å². The first kappa shape index (κ1) is 14.2. The Bertz CT molecular complexity index is 518. The van der Waals surface area contributed by atoms with E-state index in [0.717, 1.165) is 17.9 Å². The molecule has 1 aromatic rings. The number of carboxylic acid groups (broad SMARTS) is 1. The second-order valence-electron chi connectivity index (χ2n) is 5.01. The van der Waals surface area contributed by atoms with Crippen molar-refractivity contribution in [2.24, 2.45) is 0 Å². The second-order valence-corrected chi connectivity index (χ2v) is 5.01.